The second kappa shape index (κ2) is 10.8. The summed E-state index contributed by atoms with van der Waals surface area (Å²) in [6.45, 7) is 6.09. The summed E-state index contributed by atoms with van der Waals surface area (Å²) in [7, 11) is 0. The zero-order chi connectivity index (χ0) is 23.2. The number of nitrogens with one attached hydrogen (secondary N) is 2. The lowest BCUT2D eigenvalue weighted by molar-refractivity contribution is -0.126. The topological polar surface area (TPSA) is 113 Å². The maximum Gasteiger partial charge on any atom is 0.317 e. The third-order valence-corrected chi connectivity index (χ3v) is 6.52. The summed E-state index contributed by atoms with van der Waals surface area (Å²) in [5.41, 5.74) is 0.785. The van der Waals surface area contributed by atoms with Crippen molar-refractivity contribution in [2.24, 2.45) is 11.8 Å². The fourth-order valence-corrected chi connectivity index (χ4v) is 4.77. The van der Waals surface area contributed by atoms with Crippen LogP contribution in [0.4, 0.5) is 4.79 Å². The van der Waals surface area contributed by atoms with Crippen molar-refractivity contribution < 1.29 is 14.1 Å². The molecular weight excluding hydrogens is 420 g/mol. The Morgan fingerprint density at radius 1 is 1.27 bits per heavy atom. The molecule has 2 fully saturated rings. The Morgan fingerprint density at radius 3 is 2.91 bits per heavy atom. The molecule has 3 atom stereocenters. The quantitative estimate of drug-likeness (QED) is 0.732. The van der Waals surface area contributed by atoms with E-state index in [2.05, 4.69) is 39.6 Å². The van der Waals surface area contributed by atoms with Crippen LogP contribution >= 0.6 is 0 Å². The lowest BCUT2D eigenvalue weighted by Gasteiger charge is -2.33. The van der Waals surface area contributed by atoms with E-state index in [1.165, 1.54) is 0 Å². The smallest absolute Gasteiger partial charge is 0.317 e. The Kier molecular flexibility index (Phi) is 7.57. The fraction of sp³-hybridized carbons (Fsp3) is 0.625. The monoisotopic (exact) mass is 454 g/mol. The van der Waals surface area contributed by atoms with E-state index in [-0.39, 0.29) is 29.8 Å². The van der Waals surface area contributed by atoms with Crippen LogP contribution < -0.4 is 10.6 Å². The van der Waals surface area contributed by atoms with Crippen molar-refractivity contribution in [3.8, 4) is 11.4 Å². The molecule has 1 aliphatic heterocycles. The van der Waals surface area contributed by atoms with Crippen LogP contribution in [0.1, 0.15) is 64.2 Å². The molecule has 178 valence electrons. The number of fused-ring (bicyclic) bond motifs is 1. The van der Waals surface area contributed by atoms with Gasteiger partial charge in [-0.3, -0.25) is 9.78 Å². The second-order valence-electron chi connectivity index (χ2n) is 9.52. The van der Waals surface area contributed by atoms with E-state index in [0.29, 0.717) is 50.1 Å². The molecule has 3 heterocycles. The average Bonchev–Trinajstić information content (AvgIpc) is 3.47. The van der Waals surface area contributed by atoms with Gasteiger partial charge in [-0.25, -0.2) is 4.79 Å². The summed E-state index contributed by atoms with van der Waals surface area (Å²) < 4.78 is 5.61. The Bertz CT molecular complexity index is 931. The first-order chi connectivity index (χ1) is 16.0. The van der Waals surface area contributed by atoms with Crippen LogP contribution in [0.2, 0.25) is 0 Å². The Morgan fingerprint density at radius 2 is 2.12 bits per heavy atom. The molecular formula is C24H34N6O3. The standard InChI is InChI=1S/C24H34N6O3/c1-16(2)14-27-24(32)30-11-6-4-3-5-10-26-22(31)19-12-18(13-20(19)30)23-28-21(29-33-23)17-8-7-9-25-15-17/h7-9,15-16,18-20H,3-6,10-14H2,1-2H3,(H,26,31)(H,27,32). The van der Waals surface area contributed by atoms with Crippen LogP contribution in [0, 0.1) is 11.8 Å². The van der Waals surface area contributed by atoms with E-state index in [1.807, 2.05) is 17.0 Å². The van der Waals surface area contributed by atoms with Crippen molar-refractivity contribution in [1.29, 1.82) is 0 Å². The maximum absolute atomic E-state index is 13.2. The predicted molar refractivity (Wildman–Crippen MR) is 123 cm³/mol. The Balaban J connectivity index is 1.57. The van der Waals surface area contributed by atoms with Gasteiger partial charge in [0.05, 0.1) is 5.92 Å². The number of pyridine rings is 1. The van der Waals surface area contributed by atoms with Crippen LogP contribution in [0.3, 0.4) is 0 Å². The minimum atomic E-state index is -0.299. The normalized spacial score (nSPS) is 24.2. The molecule has 1 saturated carbocycles. The van der Waals surface area contributed by atoms with Crippen LogP contribution in [-0.4, -0.2) is 57.6 Å². The van der Waals surface area contributed by atoms with Gasteiger partial charge in [0.1, 0.15) is 0 Å². The van der Waals surface area contributed by atoms with Crippen molar-refractivity contribution in [2.45, 2.75) is 64.3 Å². The van der Waals surface area contributed by atoms with Crippen molar-refractivity contribution >= 4 is 11.9 Å². The molecule has 33 heavy (non-hydrogen) atoms. The molecule has 2 aliphatic rings. The number of aromatic nitrogens is 3. The van der Waals surface area contributed by atoms with Gasteiger partial charge in [-0.1, -0.05) is 31.8 Å². The van der Waals surface area contributed by atoms with Crippen LogP contribution in [0.25, 0.3) is 11.4 Å². The molecule has 1 saturated heterocycles. The first-order valence-electron chi connectivity index (χ1n) is 12.1. The summed E-state index contributed by atoms with van der Waals surface area (Å²) in [5.74, 6) is 1.00. The largest absolute Gasteiger partial charge is 0.356 e. The summed E-state index contributed by atoms with van der Waals surface area (Å²) in [6.07, 6.45) is 8.60. The van der Waals surface area contributed by atoms with E-state index >= 15 is 0 Å². The maximum atomic E-state index is 13.2. The lowest BCUT2D eigenvalue weighted by Crippen LogP contribution is -2.51. The fourth-order valence-electron chi connectivity index (χ4n) is 4.77. The minimum absolute atomic E-state index is 0.0121. The van der Waals surface area contributed by atoms with Crippen molar-refractivity contribution in [2.75, 3.05) is 19.6 Å². The number of carbonyl (C=O) groups excluding carboxylic acids is 2. The third kappa shape index (κ3) is 5.69. The summed E-state index contributed by atoms with van der Waals surface area (Å²) in [6, 6.07) is 3.42. The minimum Gasteiger partial charge on any atom is -0.356 e. The molecule has 3 unspecified atom stereocenters. The van der Waals surface area contributed by atoms with Crippen LogP contribution in [-0.2, 0) is 4.79 Å². The van der Waals surface area contributed by atoms with Gasteiger partial charge in [0.15, 0.2) is 0 Å². The predicted octanol–water partition coefficient (Wildman–Crippen LogP) is 3.35. The number of urea groups is 1. The zero-order valence-corrected chi connectivity index (χ0v) is 19.5. The Labute approximate surface area is 194 Å². The molecule has 2 N–H and O–H groups in total. The highest BCUT2D eigenvalue weighted by Gasteiger charge is 2.45. The molecule has 1 aliphatic carbocycles. The van der Waals surface area contributed by atoms with E-state index in [1.54, 1.807) is 12.4 Å². The number of amides is 3. The van der Waals surface area contributed by atoms with E-state index in [9.17, 15) is 9.59 Å². The van der Waals surface area contributed by atoms with Gasteiger partial charge in [0, 0.05) is 49.6 Å². The van der Waals surface area contributed by atoms with Crippen molar-refractivity contribution in [3.63, 3.8) is 0 Å². The Hall–Kier alpha value is -2.97. The highest BCUT2D eigenvalue weighted by molar-refractivity contribution is 5.82. The third-order valence-electron chi connectivity index (χ3n) is 6.52. The van der Waals surface area contributed by atoms with Gasteiger partial charge in [-0.2, -0.15) is 4.98 Å². The van der Waals surface area contributed by atoms with Gasteiger partial charge in [-0.05, 0) is 43.7 Å². The second-order valence-corrected chi connectivity index (χ2v) is 9.52. The number of rotatable bonds is 4. The lowest BCUT2D eigenvalue weighted by atomic mass is 10.0. The molecule has 9 nitrogen and oxygen atoms in total. The molecule has 2 aromatic rings. The van der Waals surface area contributed by atoms with Gasteiger partial charge < -0.3 is 20.1 Å². The molecule has 4 rings (SSSR count). The van der Waals surface area contributed by atoms with E-state index in [4.69, 9.17) is 4.52 Å². The average molecular weight is 455 g/mol. The van der Waals surface area contributed by atoms with Crippen LogP contribution in [0.5, 0.6) is 0 Å². The summed E-state index contributed by atoms with van der Waals surface area (Å²) >= 11 is 0. The van der Waals surface area contributed by atoms with Gasteiger partial charge in [0.2, 0.25) is 17.6 Å². The van der Waals surface area contributed by atoms with E-state index in [0.717, 1.165) is 31.2 Å². The summed E-state index contributed by atoms with van der Waals surface area (Å²) in [5, 5.41) is 10.3. The summed E-state index contributed by atoms with van der Waals surface area (Å²) in [4.78, 5) is 36.9. The molecule has 0 bridgehead atoms. The zero-order valence-electron chi connectivity index (χ0n) is 19.5. The van der Waals surface area contributed by atoms with Crippen molar-refractivity contribution in [3.05, 3.63) is 30.4 Å². The molecule has 9 heteroatoms. The first kappa shape index (κ1) is 23.2. The highest BCUT2D eigenvalue weighted by atomic mass is 16.5. The number of hydrogen-bond donors (Lipinski definition) is 2. The van der Waals surface area contributed by atoms with Gasteiger partial charge in [-0.15, -0.1) is 0 Å². The molecule has 3 amide bonds. The number of carbonyl (C=O) groups is 2. The van der Waals surface area contributed by atoms with Gasteiger partial charge >= 0.3 is 6.03 Å². The van der Waals surface area contributed by atoms with Crippen LogP contribution in [0.15, 0.2) is 29.0 Å². The number of hydrogen-bond acceptors (Lipinski definition) is 6. The highest BCUT2D eigenvalue weighted by Crippen LogP contribution is 2.41. The first-order valence-corrected chi connectivity index (χ1v) is 12.1. The molecule has 0 radical (unpaired) electrons. The SMILES string of the molecule is CC(C)CNC(=O)N1CCCCCCNC(=O)C2CC(c3nc(-c4cccnc4)no3)CC21. The van der Waals surface area contributed by atoms with Crippen molar-refractivity contribution in [1.82, 2.24) is 30.7 Å². The molecule has 0 spiro atoms. The van der Waals surface area contributed by atoms with Gasteiger partial charge in [0.25, 0.3) is 0 Å². The molecule has 2 aromatic heterocycles. The molecule has 0 aromatic carbocycles. The number of nitrogens with zero attached hydrogens (tertiary/aromatic N) is 4. The van der Waals surface area contributed by atoms with E-state index < -0.39 is 0 Å².